The van der Waals surface area contributed by atoms with Gasteiger partial charge < -0.3 is 19.5 Å². The van der Waals surface area contributed by atoms with E-state index in [1.165, 1.54) is 0 Å². The molecular formula is C31H34N4O3S. The molecule has 7 nitrogen and oxygen atoms in total. The van der Waals surface area contributed by atoms with Crippen molar-refractivity contribution in [2.75, 3.05) is 26.7 Å². The monoisotopic (exact) mass is 542 g/mol. The highest BCUT2D eigenvalue weighted by atomic mass is 32.1. The number of nitrogens with one attached hydrogen (secondary N) is 1. The third-order valence-corrected chi connectivity index (χ3v) is 9.33. The van der Waals surface area contributed by atoms with Crippen molar-refractivity contribution in [3.63, 3.8) is 0 Å². The summed E-state index contributed by atoms with van der Waals surface area (Å²) < 4.78 is 8.40. The number of ether oxygens (including phenoxy) is 1. The van der Waals surface area contributed by atoms with Crippen LogP contribution in [-0.4, -0.2) is 53.0 Å². The van der Waals surface area contributed by atoms with Crippen LogP contribution >= 0.6 is 11.3 Å². The molecule has 1 saturated carbocycles. The molecule has 2 aliphatic rings. The number of carbonyl (C=O) groups is 2. The van der Waals surface area contributed by atoms with Crippen LogP contribution in [0.15, 0.2) is 60.7 Å². The van der Waals surface area contributed by atoms with Gasteiger partial charge in [0.2, 0.25) is 5.91 Å². The summed E-state index contributed by atoms with van der Waals surface area (Å²) in [7, 11) is 1.66. The van der Waals surface area contributed by atoms with Crippen LogP contribution in [0.3, 0.4) is 0 Å². The predicted molar refractivity (Wildman–Crippen MR) is 154 cm³/mol. The lowest BCUT2D eigenvalue weighted by Gasteiger charge is -2.33. The lowest BCUT2D eigenvalue weighted by atomic mass is 9.90. The Bertz CT molecular complexity index is 1480. The number of methoxy groups -OCH3 is 1. The molecule has 3 heterocycles. The average Bonchev–Trinajstić information content (AvgIpc) is 3.34. The summed E-state index contributed by atoms with van der Waals surface area (Å²) in [6, 6.07) is 20.1. The number of piperidine rings is 1. The van der Waals surface area contributed by atoms with Gasteiger partial charge in [0.15, 0.2) is 5.65 Å². The van der Waals surface area contributed by atoms with Gasteiger partial charge in [0, 0.05) is 37.7 Å². The molecule has 2 fully saturated rings. The summed E-state index contributed by atoms with van der Waals surface area (Å²) in [4.78, 5) is 33.4. The molecule has 0 radical (unpaired) electrons. The van der Waals surface area contributed by atoms with E-state index in [1.54, 1.807) is 18.4 Å². The first-order valence-corrected chi connectivity index (χ1v) is 14.6. The van der Waals surface area contributed by atoms with Crippen LogP contribution in [0.25, 0.3) is 20.9 Å². The van der Waals surface area contributed by atoms with Crippen LogP contribution < -0.4 is 10.1 Å². The molecule has 1 unspecified atom stereocenters. The molecule has 8 heteroatoms. The number of nitrogens with zero attached hydrogens (tertiary/aromatic N) is 3. The Labute approximate surface area is 232 Å². The number of rotatable bonds is 8. The van der Waals surface area contributed by atoms with E-state index in [0.29, 0.717) is 25.3 Å². The zero-order chi connectivity index (χ0) is 27.0. The number of amides is 2. The van der Waals surface area contributed by atoms with E-state index >= 15 is 0 Å². The van der Waals surface area contributed by atoms with Gasteiger partial charge in [0.05, 0.1) is 11.8 Å². The Morgan fingerprint density at radius 1 is 1.10 bits per heavy atom. The Hall–Kier alpha value is -3.65. The summed E-state index contributed by atoms with van der Waals surface area (Å²) >= 11 is 1.62. The number of hydrogen-bond acceptors (Lipinski definition) is 5. The van der Waals surface area contributed by atoms with Crippen LogP contribution in [0, 0.1) is 11.3 Å². The molecule has 39 heavy (non-hydrogen) atoms. The summed E-state index contributed by atoms with van der Waals surface area (Å²) in [5.41, 5.74) is 3.73. The van der Waals surface area contributed by atoms with E-state index in [1.807, 2.05) is 53.4 Å². The van der Waals surface area contributed by atoms with Crippen LogP contribution in [-0.2, 0) is 11.3 Å². The summed E-state index contributed by atoms with van der Waals surface area (Å²) in [5, 5.41) is 4.00. The maximum Gasteiger partial charge on any atom is 0.270 e. The zero-order valence-corrected chi connectivity index (χ0v) is 23.3. The van der Waals surface area contributed by atoms with Crippen LogP contribution in [0.2, 0.25) is 0 Å². The number of aromatic nitrogens is 2. The smallest absolute Gasteiger partial charge is 0.270 e. The van der Waals surface area contributed by atoms with Crippen molar-refractivity contribution >= 4 is 33.5 Å². The van der Waals surface area contributed by atoms with Crippen molar-refractivity contribution in [1.82, 2.24) is 19.8 Å². The Morgan fingerprint density at radius 3 is 2.54 bits per heavy atom. The molecule has 1 N–H and O–H groups in total. The van der Waals surface area contributed by atoms with Gasteiger partial charge >= 0.3 is 0 Å². The first-order chi connectivity index (χ1) is 19.0. The van der Waals surface area contributed by atoms with Gasteiger partial charge in [-0.3, -0.25) is 9.59 Å². The SMILES string of the molecule is CCCNC(=O)C1CC12CCN(C(=O)c1cc3sc(-c4ccccc4)nc3n1Cc1ccc(OC)cc1)CC2. The molecule has 2 amide bonds. The number of fused-ring (bicyclic) bond motifs is 1. The van der Waals surface area contributed by atoms with Gasteiger partial charge in [-0.25, -0.2) is 4.98 Å². The topological polar surface area (TPSA) is 76.5 Å². The Kier molecular flexibility index (Phi) is 6.89. The van der Waals surface area contributed by atoms with E-state index < -0.39 is 0 Å². The molecule has 1 saturated heterocycles. The van der Waals surface area contributed by atoms with Gasteiger partial charge in [0.1, 0.15) is 16.5 Å². The first kappa shape index (κ1) is 25.6. The summed E-state index contributed by atoms with van der Waals surface area (Å²) in [5.74, 6) is 1.13. The molecule has 6 rings (SSSR count). The first-order valence-electron chi connectivity index (χ1n) is 13.8. The van der Waals surface area contributed by atoms with Gasteiger partial charge in [-0.1, -0.05) is 49.4 Å². The van der Waals surface area contributed by atoms with Crippen LogP contribution in [0.4, 0.5) is 0 Å². The zero-order valence-electron chi connectivity index (χ0n) is 22.5. The minimum absolute atomic E-state index is 0.0393. The van der Waals surface area contributed by atoms with E-state index in [4.69, 9.17) is 9.72 Å². The maximum atomic E-state index is 13.9. The van der Waals surface area contributed by atoms with Crippen LogP contribution in [0.5, 0.6) is 5.75 Å². The molecule has 1 spiro atoms. The van der Waals surface area contributed by atoms with Crippen molar-refractivity contribution in [1.29, 1.82) is 0 Å². The fourth-order valence-corrected chi connectivity index (χ4v) is 6.85. The molecule has 4 aromatic rings. The third-order valence-electron chi connectivity index (χ3n) is 8.29. The number of carbonyl (C=O) groups excluding carboxylic acids is 2. The third kappa shape index (κ3) is 4.93. The van der Waals surface area contributed by atoms with Crippen molar-refractivity contribution in [3.05, 3.63) is 71.9 Å². The number of hydrogen-bond donors (Lipinski definition) is 1. The molecule has 2 aromatic carbocycles. The number of likely N-dealkylation sites (tertiary alicyclic amines) is 1. The van der Waals surface area contributed by atoms with E-state index in [2.05, 4.69) is 28.9 Å². The van der Waals surface area contributed by atoms with Crippen molar-refractivity contribution in [2.24, 2.45) is 11.3 Å². The average molecular weight is 543 g/mol. The van der Waals surface area contributed by atoms with Gasteiger partial charge in [-0.15, -0.1) is 11.3 Å². The molecule has 0 bridgehead atoms. The van der Waals surface area contributed by atoms with E-state index in [-0.39, 0.29) is 23.1 Å². The normalized spacial score (nSPS) is 17.9. The van der Waals surface area contributed by atoms with Crippen molar-refractivity contribution < 1.29 is 14.3 Å². The number of thiazole rings is 1. The quantitative estimate of drug-likeness (QED) is 0.315. The van der Waals surface area contributed by atoms with Crippen LogP contribution in [0.1, 0.15) is 48.7 Å². The minimum Gasteiger partial charge on any atom is -0.497 e. The highest BCUT2D eigenvalue weighted by molar-refractivity contribution is 7.21. The van der Waals surface area contributed by atoms with Crippen molar-refractivity contribution in [3.8, 4) is 16.3 Å². The second kappa shape index (κ2) is 10.5. The molecule has 202 valence electrons. The lowest BCUT2D eigenvalue weighted by Crippen LogP contribution is -2.41. The van der Waals surface area contributed by atoms with E-state index in [9.17, 15) is 9.59 Å². The van der Waals surface area contributed by atoms with Gasteiger partial charge in [0.25, 0.3) is 5.91 Å². The predicted octanol–water partition coefficient (Wildman–Crippen LogP) is 5.59. The molecule has 1 atom stereocenters. The second-order valence-corrected chi connectivity index (χ2v) is 11.8. The highest BCUT2D eigenvalue weighted by Crippen LogP contribution is 2.59. The second-order valence-electron chi connectivity index (χ2n) is 10.7. The van der Waals surface area contributed by atoms with Crippen molar-refractivity contribution in [2.45, 2.75) is 39.2 Å². The minimum atomic E-state index is 0.0393. The van der Waals surface area contributed by atoms with Gasteiger partial charge in [-0.05, 0) is 54.9 Å². The summed E-state index contributed by atoms with van der Waals surface area (Å²) in [6.45, 7) is 4.71. The molecule has 1 aliphatic heterocycles. The number of benzene rings is 2. The molecule has 1 aliphatic carbocycles. The highest BCUT2D eigenvalue weighted by Gasteiger charge is 2.58. The maximum absolute atomic E-state index is 13.9. The Morgan fingerprint density at radius 2 is 1.85 bits per heavy atom. The lowest BCUT2D eigenvalue weighted by molar-refractivity contribution is -0.123. The summed E-state index contributed by atoms with van der Waals surface area (Å²) in [6.07, 6.45) is 3.66. The Balaban J connectivity index is 1.25. The molecular weight excluding hydrogens is 508 g/mol. The van der Waals surface area contributed by atoms with Gasteiger partial charge in [-0.2, -0.15) is 0 Å². The largest absolute Gasteiger partial charge is 0.497 e. The van der Waals surface area contributed by atoms with E-state index in [0.717, 1.165) is 64.5 Å². The molecule has 2 aromatic heterocycles. The fraction of sp³-hybridized carbons (Fsp3) is 0.387. The standard InChI is InChI=1S/C31H34N4O3S/c1-3-15-32-28(36)24-19-31(24)13-16-34(17-14-31)30(37)25-18-26-27(33-29(39-26)22-7-5-4-6-8-22)35(25)20-21-9-11-23(38-2)12-10-21/h4-12,18,24H,3,13-17,19-20H2,1-2H3,(H,32,36). The fourth-order valence-electron chi connectivity index (χ4n) is 5.84.